The molecule has 38 heavy (non-hydrogen) atoms. The van der Waals surface area contributed by atoms with E-state index in [0.29, 0.717) is 20.0 Å². The Morgan fingerprint density at radius 1 is 0.763 bits per heavy atom. The van der Waals surface area contributed by atoms with Crippen LogP contribution in [0.1, 0.15) is 103 Å². The topological polar surface area (TPSA) is 3.24 Å². The Morgan fingerprint density at radius 3 is 1.87 bits per heavy atom. The smallest absolute Gasteiger partial charge is 0.131 e. The largest absolute Gasteiger partial charge is 0.257 e. The van der Waals surface area contributed by atoms with E-state index in [2.05, 4.69) is 47.8 Å². The van der Waals surface area contributed by atoms with E-state index in [1.165, 1.54) is 77.0 Å². The fourth-order valence-corrected chi connectivity index (χ4v) is 12.7. The maximum Gasteiger partial charge on any atom is 0.131 e. The van der Waals surface area contributed by atoms with E-state index in [9.17, 15) is 4.39 Å². The molecule has 0 aromatic heterocycles. The lowest BCUT2D eigenvalue weighted by molar-refractivity contribution is 0.625. The summed E-state index contributed by atoms with van der Waals surface area (Å²) >= 11 is 0. The molecule has 0 amide bonds. The number of halogens is 1. The van der Waals surface area contributed by atoms with Crippen molar-refractivity contribution in [1.29, 1.82) is 0 Å². The molecule has 3 aromatic carbocycles. The van der Waals surface area contributed by atoms with E-state index >= 15 is 0 Å². The molecule has 200 valence electrons. The van der Waals surface area contributed by atoms with Gasteiger partial charge in [-0.05, 0) is 127 Å². The molecule has 1 aliphatic heterocycles. The van der Waals surface area contributed by atoms with Gasteiger partial charge < -0.3 is 0 Å². The van der Waals surface area contributed by atoms with Gasteiger partial charge in [-0.3, -0.25) is 4.44 Å². The van der Waals surface area contributed by atoms with Crippen LogP contribution in [0.2, 0.25) is 0 Å². The van der Waals surface area contributed by atoms with Crippen LogP contribution in [0.25, 0.3) is 0 Å². The fourth-order valence-electron chi connectivity index (χ4n) is 6.92. The standard InChI is InChI=1S/C34H42FNP2/c1-2-3-22-36(37-32-15-9-8-14-31(32)35)38-33(29-18-16-25-10-4-6-12-27(25)23-29)20-21-34(38)30-19-17-26-11-5-7-13-28(26)24-30/h8-9,14-19,23-24,33-34,37H,2-7,10-13,20-22H2,1H3/t33-,34-/m0/s1. The molecule has 0 bridgehead atoms. The second-order valence-electron chi connectivity index (χ2n) is 11.5. The summed E-state index contributed by atoms with van der Waals surface area (Å²) < 4.78 is 17.7. The zero-order chi connectivity index (χ0) is 25.9. The third-order valence-corrected chi connectivity index (χ3v) is 14.3. The number of fused-ring (bicyclic) bond motifs is 2. The molecule has 1 saturated heterocycles. The predicted octanol–water partition coefficient (Wildman–Crippen LogP) is 9.58. The van der Waals surface area contributed by atoms with Gasteiger partial charge in [-0.2, -0.15) is 0 Å². The number of benzene rings is 3. The zero-order valence-electron chi connectivity index (χ0n) is 22.9. The maximum absolute atomic E-state index is 15.0. The van der Waals surface area contributed by atoms with Gasteiger partial charge in [0.15, 0.2) is 0 Å². The molecule has 2 aliphatic carbocycles. The van der Waals surface area contributed by atoms with Crippen LogP contribution in [-0.4, -0.2) is 11.0 Å². The molecule has 0 spiro atoms. The van der Waals surface area contributed by atoms with Gasteiger partial charge in [0.1, 0.15) is 5.82 Å². The van der Waals surface area contributed by atoms with E-state index in [-0.39, 0.29) is 5.82 Å². The highest BCUT2D eigenvalue weighted by molar-refractivity contribution is 7.66. The summed E-state index contributed by atoms with van der Waals surface area (Å²) in [7, 11) is -0.0833. The van der Waals surface area contributed by atoms with E-state index < -0.39 is 8.07 Å². The molecule has 0 radical (unpaired) electrons. The summed E-state index contributed by atoms with van der Waals surface area (Å²) in [4.78, 5) is 0. The van der Waals surface area contributed by atoms with Gasteiger partial charge in [-0.25, -0.2) is 4.39 Å². The highest BCUT2D eigenvalue weighted by atomic mass is 31.2. The Kier molecular flexibility index (Phi) is 8.61. The van der Waals surface area contributed by atoms with Crippen molar-refractivity contribution in [3.63, 3.8) is 0 Å². The van der Waals surface area contributed by atoms with Gasteiger partial charge in [-0.15, -0.1) is 0 Å². The molecule has 1 heterocycles. The Bertz CT molecular complexity index is 1190. The van der Waals surface area contributed by atoms with Gasteiger partial charge in [-0.1, -0.05) is 67.9 Å². The quantitative estimate of drug-likeness (QED) is 0.255. The molecule has 0 saturated carbocycles. The van der Waals surface area contributed by atoms with E-state index in [4.69, 9.17) is 0 Å². The summed E-state index contributed by atoms with van der Waals surface area (Å²) in [5.74, 6) is -0.0443. The van der Waals surface area contributed by atoms with Crippen molar-refractivity contribution in [1.82, 2.24) is 4.44 Å². The molecular formula is C34H42FNP2. The van der Waals surface area contributed by atoms with Gasteiger partial charge in [0.05, 0.1) is 0 Å². The Balaban J connectivity index is 1.39. The van der Waals surface area contributed by atoms with Crippen molar-refractivity contribution in [2.45, 2.75) is 95.3 Å². The lowest BCUT2D eigenvalue weighted by atomic mass is 9.89. The summed E-state index contributed by atoms with van der Waals surface area (Å²) in [5.41, 5.74) is 10.6. The Labute approximate surface area is 232 Å². The first-order chi connectivity index (χ1) is 18.7. The first-order valence-corrected chi connectivity index (χ1v) is 17.4. The van der Waals surface area contributed by atoms with Crippen LogP contribution in [0.15, 0.2) is 60.7 Å². The van der Waals surface area contributed by atoms with Gasteiger partial charge in [0.25, 0.3) is 0 Å². The maximum atomic E-state index is 15.0. The second kappa shape index (κ2) is 12.3. The van der Waals surface area contributed by atoms with Gasteiger partial charge in [0, 0.05) is 23.2 Å². The summed E-state index contributed by atoms with van der Waals surface area (Å²) in [6, 6.07) is 22.5. The fraction of sp³-hybridized carbons (Fsp3) is 0.471. The third-order valence-electron chi connectivity index (χ3n) is 8.99. The summed E-state index contributed by atoms with van der Waals surface area (Å²) in [6.45, 7) is 3.35. The molecule has 3 aliphatic rings. The molecule has 3 atom stereocenters. The van der Waals surface area contributed by atoms with Gasteiger partial charge in [0.2, 0.25) is 0 Å². The van der Waals surface area contributed by atoms with Crippen LogP contribution in [0, 0.1) is 5.82 Å². The van der Waals surface area contributed by atoms with Gasteiger partial charge >= 0.3 is 0 Å². The van der Waals surface area contributed by atoms with E-state index in [1.54, 1.807) is 39.4 Å². The van der Waals surface area contributed by atoms with Crippen LogP contribution in [0.5, 0.6) is 0 Å². The van der Waals surface area contributed by atoms with Crippen molar-refractivity contribution in [2.75, 3.05) is 6.54 Å². The van der Waals surface area contributed by atoms with Crippen LogP contribution in [-0.2, 0) is 25.7 Å². The van der Waals surface area contributed by atoms with E-state index in [0.717, 1.165) is 11.8 Å². The first kappa shape index (κ1) is 26.6. The number of unbranched alkanes of at least 4 members (excludes halogenated alkanes) is 1. The van der Waals surface area contributed by atoms with Crippen LogP contribution in [0.4, 0.5) is 4.39 Å². The lowest BCUT2D eigenvalue weighted by Gasteiger charge is -2.38. The minimum absolute atomic E-state index is 0.0443. The van der Waals surface area contributed by atoms with Crippen LogP contribution >= 0.6 is 16.8 Å². The lowest BCUT2D eigenvalue weighted by Crippen LogP contribution is -2.19. The predicted molar refractivity (Wildman–Crippen MR) is 164 cm³/mol. The Morgan fingerprint density at radius 2 is 1.32 bits per heavy atom. The van der Waals surface area contributed by atoms with Crippen LogP contribution < -0.4 is 5.30 Å². The summed E-state index contributed by atoms with van der Waals surface area (Å²) in [6.07, 6.45) is 15.1. The molecule has 4 heteroatoms. The molecule has 0 N–H and O–H groups in total. The Hall–Kier alpha value is -1.59. The highest BCUT2D eigenvalue weighted by Gasteiger charge is 2.42. The zero-order valence-corrected chi connectivity index (χ0v) is 24.8. The average molecular weight is 546 g/mol. The third kappa shape index (κ3) is 5.66. The minimum atomic E-state index is -0.483. The number of nitrogens with zero attached hydrogens (tertiary/aromatic N) is 1. The number of hydrogen-bond donors (Lipinski definition) is 0. The molecular weight excluding hydrogens is 503 g/mol. The average Bonchev–Trinajstić information content (AvgIpc) is 3.41. The van der Waals surface area contributed by atoms with Crippen molar-refractivity contribution < 1.29 is 4.39 Å². The molecule has 1 nitrogen and oxygen atoms in total. The second-order valence-corrected chi connectivity index (χ2v) is 15.7. The molecule has 1 unspecified atom stereocenters. The van der Waals surface area contributed by atoms with Crippen molar-refractivity contribution in [2.24, 2.45) is 0 Å². The molecule has 6 rings (SSSR count). The monoisotopic (exact) mass is 545 g/mol. The first-order valence-electron chi connectivity index (χ1n) is 15.0. The van der Waals surface area contributed by atoms with Crippen molar-refractivity contribution in [3.8, 4) is 0 Å². The molecule has 1 fully saturated rings. The number of rotatable bonds is 8. The number of hydrogen-bond acceptors (Lipinski definition) is 1. The van der Waals surface area contributed by atoms with E-state index in [1.807, 2.05) is 18.2 Å². The highest BCUT2D eigenvalue weighted by Crippen LogP contribution is 2.74. The normalized spacial score (nSPS) is 21.8. The van der Waals surface area contributed by atoms with Crippen LogP contribution in [0.3, 0.4) is 0 Å². The minimum Gasteiger partial charge on any atom is -0.257 e. The SMILES string of the molecule is CCCCN(Pc1ccccc1F)P1[C@H](c2ccc3c(c2)CCCC3)CC[C@H]1c1ccc2c(c1)CCCC2. The van der Waals surface area contributed by atoms with Crippen molar-refractivity contribution >= 4 is 22.1 Å². The molecule has 3 aromatic rings. The number of aryl methyl sites for hydroxylation is 4. The summed E-state index contributed by atoms with van der Waals surface area (Å²) in [5, 5.41) is 0.881. The van der Waals surface area contributed by atoms with Crippen molar-refractivity contribution in [3.05, 3.63) is 99.9 Å².